The van der Waals surface area contributed by atoms with Gasteiger partial charge in [0.05, 0.1) is 0 Å². The van der Waals surface area contributed by atoms with E-state index >= 15 is 0 Å². The molecule has 0 aromatic carbocycles. The normalized spacial score (nSPS) is 12.5. The Hall–Kier alpha value is -0.400. The Balaban J connectivity index is 3.08. The molecule has 1 aromatic rings. The fourth-order valence-corrected chi connectivity index (χ4v) is 1.89. The maximum atomic E-state index is 10.5. The number of hydrogen-bond donors (Lipinski definition) is 2. The van der Waals surface area contributed by atoms with E-state index in [1.807, 2.05) is 22.6 Å². The van der Waals surface area contributed by atoms with Crippen molar-refractivity contribution in [3.63, 3.8) is 0 Å². The van der Waals surface area contributed by atoms with E-state index in [2.05, 4.69) is 4.98 Å². The minimum absolute atomic E-state index is 0.325. The van der Waals surface area contributed by atoms with Crippen LogP contribution in [0.15, 0.2) is 12.3 Å². The molecule has 1 rings (SSSR count). The van der Waals surface area contributed by atoms with Crippen LogP contribution < -0.4 is 5.73 Å². The number of carboxylic acid groups (broad SMARTS) is 1. The van der Waals surface area contributed by atoms with Gasteiger partial charge in [0.25, 0.3) is 0 Å². The maximum absolute atomic E-state index is 10.5. The van der Waals surface area contributed by atoms with Gasteiger partial charge in [-0.2, -0.15) is 0 Å². The van der Waals surface area contributed by atoms with Crippen LogP contribution >= 0.6 is 34.2 Å². The standard InChI is InChI=1S/C7H6ClIN2O2/c8-5-1-4(9)3(2-11-5)6(10)7(12)13/h1-2,6H,10H2,(H,12,13). The van der Waals surface area contributed by atoms with Gasteiger partial charge < -0.3 is 10.8 Å². The number of rotatable bonds is 2. The van der Waals surface area contributed by atoms with Crippen molar-refractivity contribution in [3.8, 4) is 0 Å². The minimum atomic E-state index is -1.08. The number of halogens is 2. The van der Waals surface area contributed by atoms with Crippen LogP contribution in [0.25, 0.3) is 0 Å². The van der Waals surface area contributed by atoms with Gasteiger partial charge in [-0.3, -0.25) is 4.79 Å². The van der Waals surface area contributed by atoms with E-state index in [1.54, 1.807) is 6.07 Å². The lowest BCUT2D eigenvalue weighted by Gasteiger charge is -2.08. The quantitative estimate of drug-likeness (QED) is 0.640. The molecule has 0 radical (unpaired) electrons. The number of hydrogen-bond acceptors (Lipinski definition) is 3. The summed E-state index contributed by atoms with van der Waals surface area (Å²) < 4.78 is 0.701. The molecule has 0 spiro atoms. The van der Waals surface area contributed by atoms with Crippen LogP contribution in [0.2, 0.25) is 5.15 Å². The summed E-state index contributed by atoms with van der Waals surface area (Å²) in [7, 11) is 0. The summed E-state index contributed by atoms with van der Waals surface area (Å²) in [6.07, 6.45) is 1.38. The van der Waals surface area contributed by atoms with Crippen molar-refractivity contribution in [2.75, 3.05) is 0 Å². The summed E-state index contributed by atoms with van der Waals surface area (Å²) in [4.78, 5) is 14.3. The number of pyridine rings is 1. The summed E-state index contributed by atoms with van der Waals surface area (Å²) >= 11 is 7.56. The second-order valence-electron chi connectivity index (χ2n) is 2.34. The molecule has 1 heterocycles. The van der Waals surface area contributed by atoms with Crippen LogP contribution in [0.3, 0.4) is 0 Å². The van der Waals surface area contributed by atoms with Gasteiger partial charge in [0.1, 0.15) is 11.2 Å². The number of nitrogens with zero attached hydrogens (tertiary/aromatic N) is 1. The van der Waals surface area contributed by atoms with Crippen molar-refractivity contribution in [3.05, 3.63) is 26.5 Å². The highest BCUT2D eigenvalue weighted by molar-refractivity contribution is 14.1. The molecule has 0 bridgehead atoms. The number of aromatic nitrogens is 1. The molecule has 1 unspecified atom stereocenters. The summed E-state index contributed by atoms with van der Waals surface area (Å²) in [5, 5.41) is 8.96. The predicted molar refractivity (Wildman–Crippen MR) is 56.5 cm³/mol. The van der Waals surface area contributed by atoms with Gasteiger partial charge in [-0.25, -0.2) is 4.98 Å². The second kappa shape index (κ2) is 4.21. The highest BCUT2D eigenvalue weighted by atomic mass is 127. The van der Waals surface area contributed by atoms with Crippen molar-refractivity contribution in [2.24, 2.45) is 5.73 Å². The van der Waals surface area contributed by atoms with Crippen LogP contribution in [-0.2, 0) is 4.79 Å². The van der Waals surface area contributed by atoms with Gasteiger partial charge in [0.15, 0.2) is 0 Å². The topological polar surface area (TPSA) is 76.2 Å². The third-order valence-corrected chi connectivity index (χ3v) is 2.59. The van der Waals surface area contributed by atoms with E-state index in [0.29, 0.717) is 14.3 Å². The first-order chi connectivity index (χ1) is 6.02. The fraction of sp³-hybridized carbons (Fsp3) is 0.143. The molecule has 6 heteroatoms. The highest BCUT2D eigenvalue weighted by Crippen LogP contribution is 2.20. The van der Waals surface area contributed by atoms with Crippen molar-refractivity contribution < 1.29 is 9.90 Å². The number of nitrogens with two attached hydrogens (primary N) is 1. The Labute approximate surface area is 93.2 Å². The van der Waals surface area contributed by atoms with Gasteiger partial charge in [-0.05, 0) is 28.7 Å². The van der Waals surface area contributed by atoms with E-state index < -0.39 is 12.0 Å². The minimum Gasteiger partial charge on any atom is -0.480 e. The molecular weight excluding hydrogens is 306 g/mol. The first-order valence-corrected chi connectivity index (χ1v) is 4.77. The Bertz CT molecular complexity index is 345. The molecule has 0 aliphatic carbocycles. The first kappa shape index (κ1) is 10.7. The molecule has 4 nitrogen and oxygen atoms in total. The molecule has 0 aliphatic rings. The molecule has 0 saturated carbocycles. The molecule has 13 heavy (non-hydrogen) atoms. The van der Waals surface area contributed by atoms with Gasteiger partial charge in [-0.15, -0.1) is 0 Å². The molecule has 0 fully saturated rings. The van der Waals surface area contributed by atoms with E-state index in [1.165, 1.54) is 6.20 Å². The molecule has 0 aliphatic heterocycles. The fourth-order valence-electron chi connectivity index (χ4n) is 0.780. The molecular formula is C7H6ClIN2O2. The Morgan fingerprint density at radius 1 is 1.77 bits per heavy atom. The third-order valence-electron chi connectivity index (χ3n) is 1.45. The SMILES string of the molecule is NC(C(=O)O)c1cnc(Cl)cc1I. The number of carbonyl (C=O) groups is 1. The smallest absolute Gasteiger partial charge is 0.325 e. The Morgan fingerprint density at radius 3 is 2.85 bits per heavy atom. The Kier molecular flexibility index (Phi) is 3.46. The van der Waals surface area contributed by atoms with Crippen molar-refractivity contribution in [1.82, 2.24) is 4.98 Å². The summed E-state index contributed by atoms with van der Waals surface area (Å²) in [6.45, 7) is 0. The van der Waals surface area contributed by atoms with Crippen molar-refractivity contribution >= 4 is 40.2 Å². The van der Waals surface area contributed by atoms with Crippen LogP contribution in [0.1, 0.15) is 11.6 Å². The summed E-state index contributed by atoms with van der Waals surface area (Å²) in [6, 6.07) is 0.525. The molecule has 1 atom stereocenters. The number of aliphatic carboxylic acids is 1. The van der Waals surface area contributed by atoms with Gasteiger partial charge in [0.2, 0.25) is 0 Å². The van der Waals surface area contributed by atoms with Crippen molar-refractivity contribution in [2.45, 2.75) is 6.04 Å². The van der Waals surface area contributed by atoms with Gasteiger partial charge >= 0.3 is 5.97 Å². The van der Waals surface area contributed by atoms with E-state index in [0.717, 1.165) is 0 Å². The summed E-state index contributed by atoms with van der Waals surface area (Å²) in [5.74, 6) is -1.08. The average Bonchev–Trinajstić information content (AvgIpc) is 2.03. The first-order valence-electron chi connectivity index (χ1n) is 3.31. The lowest BCUT2D eigenvalue weighted by Crippen LogP contribution is -2.21. The van der Waals surface area contributed by atoms with Gasteiger partial charge in [-0.1, -0.05) is 11.6 Å². The number of carboxylic acids is 1. The lowest BCUT2D eigenvalue weighted by atomic mass is 10.1. The van der Waals surface area contributed by atoms with Gasteiger partial charge in [0, 0.05) is 15.3 Å². The largest absolute Gasteiger partial charge is 0.480 e. The van der Waals surface area contributed by atoms with Crippen LogP contribution in [0.5, 0.6) is 0 Å². The van der Waals surface area contributed by atoms with Crippen LogP contribution in [-0.4, -0.2) is 16.1 Å². The van der Waals surface area contributed by atoms with Crippen LogP contribution in [0, 0.1) is 3.57 Å². The predicted octanol–water partition coefficient (Wildman–Crippen LogP) is 1.42. The zero-order chi connectivity index (χ0) is 10.0. The maximum Gasteiger partial charge on any atom is 0.325 e. The monoisotopic (exact) mass is 312 g/mol. The zero-order valence-corrected chi connectivity index (χ0v) is 9.28. The lowest BCUT2D eigenvalue weighted by molar-refractivity contribution is -0.138. The van der Waals surface area contributed by atoms with E-state index in [4.69, 9.17) is 22.4 Å². The second-order valence-corrected chi connectivity index (χ2v) is 3.89. The van der Waals surface area contributed by atoms with E-state index in [9.17, 15) is 4.79 Å². The van der Waals surface area contributed by atoms with E-state index in [-0.39, 0.29) is 0 Å². The molecule has 1 aromatic heterocycles. The zero-order valence-electron chi connectivity index (χ0n) is 6.37. The van der Waals surface area contributed by atoms with Crippen molar-refractivity contribution in [1.29, 1.82) is 0 Å². The molecule has 0 amide bonds. The molecule has 70 valence electrons. The average molecular weight is 312 g/mol. The molecule has 0 saturated heterocycles. The Morgan fingerprint density at radius 2 is 2.38 bits per heavy atom. The third kappa shape index (κ3) is 2.52. The summed E-state index contributed by atoms with van der Waals surface area (Å²) in [5.41, 5.74) is 5.87. The molecule has 3 N–H and O–H groups in total. The highest BCUT2D eigenvalue weighted by Gasteiger charge is 2.17. The van der Waals surface area contributed by atoms with Crippen LogP contribution in [0.4, 0.5) is 0 Å².